The third-order valence-corrected chi connectivity index (χ3v) is 6.20. The highest BCUT2D eigenvalue weighted by Crippen LogP contribution is 2.33. The summed E-state index contributed by atoms with van der Waals surface area (Å²) >= 11 is 1.65. The van der Waals surface area contributed by atoms with Crippen LogP contribution in [0.25, 0.3) is 0 Å². The number of hydrogen-bond acceptors (Lipinski definition) is 10. The van der Waals surface area contributed by atoms with Crippen molar-refractivity contribution in [2.75, 3.05) is 23.7 Å². The second-order valence-corrected chi connectivity index (χ2v) is 8.15. The summed E-state index contributed by atoms with van der Waals surface area (Å²) in [5, 5.41) is 14.7. The molecule has 10 nitrogen and oxygen atoms in total. The summed E-state index contributed by atoms with van der Waals surface area (Å²) in [6.07, 6.45) is 6.27. The van der Waals surface area contributed by atoms with Gasteiger partial charge in [0.2, 0.25) is 12.2 Å². The van der Waals surface area contributed by atoms with Gasteiger partial charge in [-0.25, -0.2) is 15.0 Å². The molecule has 0 saturated carbocycles. The van der Waals surface area contributed by atoms with Crippen LogP contribution in [0.15, 0.2) is 54.4 Å². The minimum Gasteiger partial charge on any atom is -0.463 e. The predicted octanol–water partition coefficient (Wildman–Crippen LogP) is 2.51. The number of anilines is 2. The van der Waals surface area contributed by atoms with Gasteiger partial charge >= 0.3 is 0 Å². The zero-order valence-corrected chi connectivity index (χ0v) is 17.5. The molecule has 1 atom stereocenters. The Bertz CT molecular complexity index is 1090. The molecule has 11 heteroatoms. The van der Waals surface area contributed by atoms with Gasteiger partial charge in [-0.1, -0.05) is 18.2 Å². The van der Waals surface area contributed by atoms with Gasteiger partial charge in [-0.15, -0.1) is 16.4 Å². The lowest BCUT2D eigenvalue weighted by Gasteiger charge is -2.31. The van der Waals surface area contributed by atoms with Gasteiger partial charge in [0.25, 0.3) is 0 Å². The first-order valence-corrected chi connectivity index (χ1v) is 10.9. The van der Waals surface area contributed by atoms with E-state index in [9.17, 15) is 0 Å². The third-order valence-electron chi connectivity index (χ3n) is 5.17. The lowest BCUT2D eigenvalue weighted by Crippen LogP contribution is -2.34. The van der Waals surface area contributed by atoms with E-state index in [1.54, 1.807) is 28.4 Å². The molecule has 1 aliphatic heterocycles. The van der Waals surface area contributed by atoms with Crippen molar-refractivity contribution in [3.63, 3.8) is 0 Å². The Kier molecular flexibility index (Phi) is 5.40. The van der Waals surface area contributed by atoms with E-state index in [1.807, 2.05) is 35.7 Å². The number of thiazole rings is 1. The van der Waals surface area contributed by atoms with E-state index in [2.05, 4.69) is 30.4 Å². The average Bonchev–Trinajstić information content (AvgIpc) is 3.52. The molecule has 0 spiro atoms. The van der Waals surface area contributed by atoms with Gasteiger partial charge in [0.05, 0.1) is 23.1 Å². The molecule has 0 radical (unpaired) electrons. The van der Waals surface area contributed by atoms with Crippen LogP contribution in [0.1, 0.15) is 35.7 Å². The maximum atomic E-state index is 6.16. The molecular weight excluding hydrogens is 414 g/mol. The Morgan fingerprint density at radius 3 is 2.58 bits per heavy atom. The van der Waals surface area contributed by atoms with E-state index in [4.69, 9.17) is 15.5 Å². The fourth-order valence-corrected chi connectivity index (χ4v) is 4.57. The average molecular weight is 436 g/mol. The molecule has 0 bridgehead atoms. The van der Waals surface area contributed by atoms with Gasteiger partial charge < -0.3 is 15.4 Å². The normalized spacial score (nSPS) is 15.7. The second-order valence-electron chi connectivity index (χ2n) is 7.26. The SMILES string of the molecule is Nc1cnc(N2CCC(c3nc(C(Oc4ccccc4)n4cnnn4)cs3)CC2)nc1. The molecule has 3 aromatic heterocycles. The number of ether oxygens (including phenoxy) is 1. The summed E-state index contributed by atoms with van der Waals surface area (Å²) in [5.41, 5.74) is 7.06. The fraction of sp³-hybridized carbons (Fsp3) is 0.300. The largest absolute Gasteiger partial charge is 0.463 e. The summed E-state index contributed by atoms with van der Waals surface area (Å²) < 4.78 is 7.74. The molecule has 4 heterocycles. The topological polar surface area (TPSA) is 121 Å². The van der Waals surface area contributed by atoms with Crippen LogP contribution in [0, 0.1) is 0 Å². The van der Waals surface area contributed by atoms with E-state index in [-0.39, 0.29) is 0 Å². The highest BCUT2D eigenvalue weighted by atomic mass is 32.1. The molecule has 4 aromatic rings. The summed E-state index contributed by atoms with van der Waals surface area (Å²) in [6, 6.07) is 9.61. The molecule has 0 amide bonds. The molecule has 31 heavy (non-hydrogen) atoms. The number of benzene rings is 1. The van der Waals surface area contributed by atoms with Crippen molar-refractivity contribution in [3.05, 3.63) is 65.1 Å². The maximum Gasteiger partial charge on any atom is 0.238 e. The first-order valence-electron chi connectivity index (χ1n) is 9.98. The van der Waals surface area contributed by atoms with Crippen molar-refractivity contribution in [2.24, 2.45) is 0 Å². The lowest BCUT2D eigenvalue weighted by molar-refractivity contribution is 0.152. The van der Waals surface area contributed by atoms with Crippen molar-refractivity contribution in [1.29, 1.82) is 0 Å². The Morgan fingerprint density at radius 1 is 1.10 bits per heavy atom. The van der Waals surface area contributed by atoms with Crippen molar-refractivity contribution < 1.29 is 4.74 Å². The molecule has 2 N–H and O–H groups in total. The lowest BCUT2D eigenvalue weighted by atomic mass is 9.98. The van der Waals surface area contributed by atoms with Gasteiger partial charge in [0, 0.05) is 24.4 Å². The van der Waals surface area contributed by atoms with Crippen LogP contribution < -0.4 is 15.4 Å². The summed E-state index contributed by atoms with van der Waals surface area (Å²) in [6.45, 7) is 1.75. The van der Waals surface area contributed by atoms with Crippen LogP contribution in [0.4, 0.5) is 11.6 Å². The number of nitrogens with two attached hydrogens (primary N) is 1. The van der Waals surface area contributed by atoms with Crippen LogP contribution in [0.3, 0.4) is 0 Å². The molecule has 1 aromatic carbocycles. The van der Waals surface area contributed by atoms with Crippen LogP contribution in [-0.2, 0) is 0 Å². The van der Waals surface area contributed by atoms with Gasteiger partial charge in [0.15, 0.2) is 0 Å². The molecule has 1 saturated heterocycles. The highest BCUT2D eigenvalue weighted by molar-refractivity contribution is 7.09. The van der Waals surface area contributed by atoms with Crippen molar-refractivity contribution in [3.8, 4) is 5.75 Å². The Hall–Kier alpha value is -3.60. The number of rotatable bonds is 6. The molecule has 1 fully saturated rings. The van der Waals surface area contributed by atoms with Crippen molar-refractivity contribution in [1.82, 2.24) is 35.2 Å². The number of hydrogen-bond donors (Lipinski definition) is 1. The Labute approximate surface area is 182 Å². The molecule has 1 aliphatic rings. The van der Waals surface area contributed by atoms with E-state index in [0.717, 1.165) is 48.3 Å². The number of aromatic nitrogens is 7. The number of tetrazole rings is 1. The zero-order valence-electron chi connectivity index (χ0n) is 16.7. The van der Waals surface area contributed by atoms with Crippen molar-refractivity contribution >= 4 is 23.0 Å². The van der Waals surface area contributed by atoms with Gasteiger partial charge in [-0.2, -0.15) is 4.68 Å². The van der Waals surface area contributed by atoms with E-state index < -0.39 is 6.23 Å². The minimum atomic E-state index is -0.523. The summed E-state index contributed by atoms with van der Waals surface area (Å²) in [7, 11) is 0. The van der Waals surface area contributed by atoms with Crippen LogP contribution in [-0.4, -0.2) is 48.2 Å². The molecule has 158 valence electrons. The standard InChI is InChI=1S/C20H21N9OS/c21-15-10-22-20(23-11-15)28-8-6-14(7-9-28)18-25-17(12-31-18)19(29-13-24-26-27-29)30-16-4-2-1-3-5-16/h1-5,10-14,19H,6-9,21H2. The number of piperidine rings is 1. The van der Waals surface area contributed by atoms with Crippen LogP contribution in [0.2, 0.25) is 0 Å². The highest BCUT2D eigenvalue weighted by Gasteiger charge is 2.27. The molecule has 1 unspecified atom stereocenters. The molecular formula is C20H21N9OS. The second kappa shape index (κ2) is 8.64. The predicted molar refractivity (Wildman–Crippen MR) is 116 cm³/mol. The van der Waals surface area contributed by atoms with Crippen LogP contribution in [0.5, 0.6) is 5.75 Å². The van der Waals surface area contributed by atoms with E-state index in [1.165, 1.54) is 6.33 Å². The van der Waals surface area contributed by atoms with Gasteiger partial charge in [-0.3, -0.25) is 0 Å². The smallest absolute Gasteiger partial charge is 0.238 e. The van der Waals surface area contributed by atoms with Crippen molar-refractivity contribution in [2.45, 2.75) is 25.0 Å². The number of nitrogen functional groups attached to an aromatic ring is 1. The summed E-state index contributed by atoms with van der Waals surface area (Å²) in [4.78, 5) is 15.8. The third kappa shape index (κ3) is 4.31. The summed E-state index contributed by atoms with van der Waals surface area (Å²) in [5.74, 6) is 1.84. The molecule has 5 rings (SSSR count). The monoisotopic (exact) mass is 435 g/mol. The van der Waals surface area contributed by atoms with E-state index in [0.29, 0.717) is 11.6 Å². The number of nitrogens with zero attached hydrogens (tertiary/aromatic N) is 8. The first-order chi connectivity index (χ1) is 15.3. The zero-order chi connectivity index (χ0) is 21.0. The van der Waals surface area contributed by atoms with E-state index >= 15 is 0 Å². The quantitative estimate of drug-likeness (QED) is 0.487. The Morgan fingerprint density at radius 2 is 1.87 bits per heavy atom. The van der Waals surface area contributed by atoms with Gasteiger partial charge in [-0.05, 0) is 35.4 Å². The first kappa shape index (κ1) is 19.4. The molecule has 0 aliphatic carbocycles. The Balaban J connectivity index is 1.30. The minimum absolute atomic E-state index is 0.384. The fourth-order valence-electron chi connectivity index (χ4n) is 3.58. The van der Waals surface area contributed by atoms with Gasteiger partial charge in [0.1, 0.15) is 17.8 Å². The maximum absolute atomic E-state index is 6.16. The number of para-hydroxylation sites is 1. The van der Waals surface area contributed by atoms with Crippen LogP contribution >= 0.6 is 11.3 Å².